The molecule has 5 heteroatoms. The van der Waals surface area contributed by atoms with Crippen molar-refractivity contribution >= 4 is 17.7 Å². The molecule has 1 aromatic rings. The fraction of sp³-hybridized carbons (Fsp3) is 0.722. The van der Waals surface area contributed by atoms with Crippen LogP contribution in [0.25, 0.3) is 0 Å². The van der Waals surface area contributed by atoms with Crippen molar-refractivity contribution < 1.29 is 4.79 Å². The Morgan fingerprint density at radius 1 is 1.04 bits per heavy atom. The van der Waals surface area contributed by atoms with Crippen LogP contribution in [0.2, 0.25) is 0 Å². The number of thioether (sulfide) groups is 1. The van der Waals surface area contributed by atoms with E-state index in [0.29, 0.717) is 17.5 Å². The Morgan fingerprint density at radius 2 is 1.70 bits per heavy atom. The van der Waals surface area contributed by atoms with E-state index < -0.39 is 0 Å². The van der Waals surface area contributed by atoms with Crippen molar-refractivity contribution in [3.63, 3.8) is 0 Å². The van der Waals surface area contributed by atoms with Gasteiger partial charge in [-0.25, -0.2) is 9.97 Å². The zero-order valence-electron chi connectivity index (χ0n) is 14.2. The summed E-state index contributed by atoms with van der Waals surface area (Å²) in [6.45, 7) is 1.94. The van der Waals surface area contributed by atoms with Gasteiger partial charge in [0.2, 0.25) is 0 Å². The van der Waals surface area contributed by atoms with E-state index in [1.165, 1.54) is 44.9 Å². The topological polar surface area (TPSA) is 54.9 Å². The number of aromatic nitrogens is 2. The van der Waals surface area contributed by atoms with Gasteiger partial charge >= 0.3 is 0 Å². The Hall–Kier alpha value is -1.10. The molecule has 0 bridgehead atoms. The van der Waals surface area contributed by atoms with E-state index in [2.05, 4.69) is 15.3 Å². The van der Waals surface area contributed by atoms with Gasteiger partial charge in [-0.2, -0.15) is 0 Å². The smallest absolute Gasteiger partial charge is 0.256 e. The first kappa shape index (κ1) is 16.7. The van der Waals surface area contributed by atoms with Gasteiger partial charge in [0.05, 0.1) is 11.3 Å². The second-order valence-electron chi connectivity index (χ2n) is 6.84. The zero-order chi connectivity index (χ0) is 16.2. The summed E-state index contributed by atoms with van der Waals surface area (Å²) in [4.78, 5) is 22.1. The lowest BCUT2D eigenvalue weighted by Crippen LogP contribution is -2.36. The van der Waals surface area contributed by atoms with Crippen molar-refractivity contribution in [2.45, 2.75) is 81.7 Å². The van der Waals surface area contributed by atoms with Crippen LogP contribution in [0.1, 0.15) is 85.6 Å². The number of hydrogen-bond acceptors (Lipinski definition) is 4. The van der Waals surface area contributed by atoms with Crippen LogP contribution < -0.4 is 5.32 Å². The highest BCUT2D eigenvalue weighted by molar-refractivity contribution is 7.98. The Bertz CT molecular complexity index is 564. The number of aryl methyl sites for hydroxylation is 1. The molecule has 4 nitrogen and oxygen atoms in total. The van der Waals surface area contributed by atoms with Gasteiger partial charge in [0.15, 0.2) is 0 Å². The number of rotatable bonds is 4. The summed E-state index contributed by atoms with van der Waals surface area (Å²) < 4.78 is 0. The molecule has 2 saturated carbocycles. The molecule has 1 amide bonds. The minimum atomic E-state index is 0.0137. The maximum atomic E-state index is 12.8. The highest BCUT2D eigenvalue weighted by Crippen LogP contribution is 2.39. The molecule has 1 N–H and O–H groups in total. The molecule has 2 aliphatic carbocycles. The fourth-order valence-corrected chi connectivity index (χ4v) is 3.99. The van der Waals surface area contributed by atoms with E-state index >= 15 is 0 Å². The summed E-state index contributed by atoms with van der Waals surface area (Å²) in [5, 5.41) is 4.09. The third kappa shape index (κ3) is 4.25. The molecule has 1 heterocycles. The van der Waals surface area contributed by atoms with Crippen molar-refractivity contribution in [3.05, 3.63) is 17.1 Å². The number of carbonyl (C=O) groups excluding carboxylic acids is 1. The van der Waals surface area contributed by atoms with Crippen LogP contribution in [-0.2, 0) is 0 Å². The molecule has 0 unspecified atom stereocenters. The standard InChI is InChI=1S/C18H27N3OS/c1-12-15(18(23-2)21-16(19-12)13-10-11-13)17(22)20-14-8-6-4-3-5-7-9-14/h13-14H,3-11H2,1-2H3,(H,20,22). The van der Waals surface area contributed by atoms with Gasteiger partial charge in [0.25, 0.3) is 5.91 Å². The van der Waals surface area contributed by atoms with Crippen molar-refractivity contribution in [1.29, 1.82) is 0 Å². The molecule has 0 aliphatic heterocycles. The van der Waals surface area contributed by atoms with Crippen LogP contribution in [0, 0.1) is 6.92 Å². The lowest BCUT2D eigenvalue weighted by molar-refractivity contribution is 0.0925. The van der Waals surface area contributed by atoms with Gasteiger partial charge in [0.1, 0.15) is 10.9 Å². The van der Waals surface area contributed by atoms with E-state index in [1.54, 1.807) is 11.8 Å². The minimum absolute atomic E-state index is 0.0137. The van der Waals surface area contributed by atoms with Crippen LogP contribution >= 0.6 is 11.8 Å². The molecule has 23 heavy (non-hydrogen) atoms. The van der Waals surface area contributed by atoms with Crippen molar-refractivity contribution in [1.82, 2.24) is 15.3 Å². The number of amides is 1. The maximum Gasteiger partial charge on any atom is 0.256 e. The lowest BCUT2D eigenvalue weighted by atomic mass is 9.96. The number of nitrogens with one attached hydrogen (secondary N) is 1. The van der Waals surface area contributed by atoms with Crippen LogP contribution in [0.15, 0.2) is 5.03 Å². The highest BCUT2D eigenvalue weighted by atomic mass is 32.2. The molecule has 1 aromatic heterocycles. The molecular weight excluding hydrogens is 306 g/mol. The molecule has 0 spiro atoms. The van der Waals surface area contributed by atoms with Gasteiger partial charge in [-0.15, -0.1) is 11.8 Å². The molecular formula is C18H27N3OS. The molecule has 0 aromatic carbocycles. The van der Waals surface area contributed by atoms with E-state index in [4.69, 9.17) is 0 Å². The summed E-state index contributed by atoms with van der Waals surface area (Å²) in [5.41, 5.74) is 1.51. The van der Waals surface area contributed by atoms with Crippen molar-refractivity contribution in [2.24, 2.45) is 0 Å². The predicted octanol–water partition coefficient (Wildman–Crippen LogP) is 4.23. The predicted molar refractivity (Wildman–Crippen MR) is 94.1 cm³/mol. The third-order valence-electron chi connectivity index (χ3n) is 4.88. The van der Waals surface area contributed by atoms with E-state index in [-0.39, 0.29) is 5.91 Å². The Kier molecular flexibility index (Phi) is 5.57. The first-order valence-electron chi connectivity index (χ1n) is 8.92. The van der Waals surface area contributed by atoms with Crippen LogP contribution in [0.4, 0.5) is 0 Å². The van der Waals surface area contributed by atoms with Gasteiger partial charge in [-0.3, -0.25) is 4.79 Å². The quantitative estimate of drug-likeness (QED) is 0.662. The minimum Gasteiger partial charge on any atom is -0.349 e. The lowest BCUT2D eigenvalue weighted by Gasteiger charge is -2.22. The van der Waals surface area contributed by atoms with E-state index in [9.17, 15) is 4.79 Å². The Balaban J connectivity index is 1.75. The first-order valence-corrected chi connectivity index (χ1v) is 10.1. The Morgan fingerprint density at radius 3 is 2.30 bits per heavy atom. The average Bonchev–Trinajstić information content (AvgIpc) is 3.33. The normalized spacial score (nSPS) is 19.9. The largest absolute Gasteiger partial charge is 0.349 e. The molecule has 2 aliphatic rings. The van der Waals surface area contributed by atoms with E-state index in [1.807, 2.05) is 13.2 Å². The average molecular weight is 334 g/mol. The Labute approximate surface area is 143 Å². The van der Waals surface area contributed by atoms with Crippen molar-refractivity contribution in [3.8, 4) is 0 Å². The summed E-state index contributed by atoms with van der Waals surface area (Å²) in [7, 11) is 0. The van der Waals surface area contributed by atoms with E-state index in [0.717, 1.165) is 29.4 Å². The van der Waals surface area contributed by atoms with Gasteiger partial charge < -0.3 is 5.32 Å². The maximum absolute atomic E-state index is 12.8. The van der Waals surface area contributed by atoms with Crippen LogP contribution in [-0.4, -0.2) is 28.2 Å². The van der Waals surface area contributed by atoms with Crippen LogP contribution in [0.5, 0.6) is 0 Å². The zero-order valence-corrected chi connectivity index (χ0v) is 15.0. The van der Waals surface area contributed by atoms with Crippen LogP contribution in [0.3, 0.4) is 0 Å². The summed E-state index contributed by atoms with van der Waals surface area (Å²) in [5.74, 6) is 1.46. The molecule has 126 valence electrons. The van der Waals surface area contributed by atoms with Gasteiger partial charge in [-0.05, 0) is 38.9 Å². The summed E-state index contributed by atoms with van der Waals surface area (Å²) in [6.07, 6.45) is 12.9. The molecule has 2 fully saturated rings. The number of hydrogen-bond donors (Lipinski definition) is 1. The number of carbonyl (C=O) groups is 1. The number of nitrogens with zero attached hydrogens (tertiary/aromatic N) is 2. The highest BCUT2D eigenvalue weighted by Gasteiger charge is 2.29. The third-order valence-corrected chi connectivity index (χ3v) is 5.56. The molecule has 0 saturated heterocycles. The second-order valence-corrected chi connectivity index (χ2v) is 7.64. The SMILES string of the molecule is CSc1nc(C2CC2)nc(C)c1C(=O)NC1CCCCCCC1. The first-order chi connectivity index (χ1) is 11.2. The summed E-state index contributed by atoms with van der Waals surface area (Å²) in [6, 6.07) is 0.306. The molecule has 3 rings (SSSR count). The second kappa shape index (κ2) is 7.65. The fourth-order valence-electron chi connectivity index (χ4n) is 3.36. The van der Waals surface area contributed by atoms with Gasteiger partial charge in [-0.1, -0.05) is 32.1 Å². The monoisotopic (exact) mass is 333 g/mol. The van der Waals surface area contributed by atoms with Crippen molar-refractivity contribution in [2.75, 3.05) is 6.26 Å². The molecule has 0 radical (unpaired) electrons. The van der Waals surface area contributed by atoms with Gasteiger partial charge in [0, 0.05) is 12.0 Å². The molecule has 0 atom stereocenters. The summed E-state index contributed by atoms with van der Waals surface area (Å²) >= 11 is 1.55.